The molecule has 0 radical (unpaired) electrons. The molecule has 1 heterocycles. The molecule has 0 unspecified atom stereocenters. The molecule has 0 bridgehead atoms. The number of ether oxygens (including phenoxy) is 1. The van der Waals surface area contributed by atoms with Crippen LogP contribution in [0.25, 0.3) is 0 Å². The highest BCUT2D eigenvalue weighted by Gasteiger charge is 2.46. The van der Waals surface area contributed by atoms with E-state index in [9.17, 15) is 24.7 Å². The molecule has 1 aliphatic rings. The van der Waals surface area contributed by atoms with Crippen LogP contribution in [0.4, 0.5) is 0 Å². The van der Waals surface area contributed by atoms with Crippen molar-refractivity contribution in [1.82, 2.24) is 0 Å². The molecule has 0 spiro atoms. The van der Waals surface area contributed by atoms with Crippen LogP contribution in [-0.4, -0.2) is 130 Å². The van der Waals surface area contributed by atoms with Crippen molar-refractivity contribution in [2.45, 2.75) is 55.1 Å². The Labute approximate surface area is 157 Å². The van der Waals surface area contributed by atoms with Gasteiger partial charge in [-0.25, -0.2) is 4.57 Å². The van der Waals surface area contributed by atoms with Crippen molar-refractivity contribution in [3.05, 3.63) is 0 Å². The number of aliphatic hydroxyl groups is 9. The fraction of sp³-hybridized carbons (Fsp3) is 0.917. The Balaban J connectivity index is 0.000000546. The molecule has 1 aliphatic heterocycles. The quantitative estimate of drug-likeness (QED) is 0.124. The summed E-state index contributed by atoms with van der Waals surface area (Å²) in [5.41, 5.74) is 0. The molecule has 0 amide bonds. The minimum atomic E-state index is -4.91. The van der Waals surface area contributed by atoms with Gasteiger partial charge in [0.25, 0.3) is 0 Å². The Kier molecular flexibility index (Phi) is 11.9. The average Bonchev–Trinajstić information content (AvgIpc) is 2.65. The lowest BCUT2D eigenvalue weighted by Gasteiger charge is -2.39. The maximum atomic E-state index is 10.5. The molecule has 28 heavy (non-hydrogen) atoms. The minimum Gasteiger partial charge on any atom is -0.394 e. The fourth-order valence-electron chi connectivity index (χ4n) is 1.91. The van der Waals surface area contributed by atoms with Crippen molar-refractivity contribution in [2.75, 3.05) is 13.2 Å². The van der Waals surface area contributed by atoms with Gasteiger partial charge in [0.2, 0.25) is 0 Å². The standard InChI is InChI=1S/C6H13O9P.C6H12O6/c7-1-2-3(8)4(9)5(10)6(14-2)15-16(11,12)13;7-1-3(9)5(11)6(12)4(10)2-8/h2-10H,1H2,(H2,11,12,13);1,3-6,8-12H,2H2/t2-,3+,4+,5-,6-;3-,4+,5+,6+/m10/s1. The van der Waals surface area contributed by atoms with E-state index in [0.717, 1.165) is 0 Å². The van der Waals surface area contributed by atoms with Crippen LogP contribution in [0.5, 0.6) is 0 Å². The summed E-state index contributed by atoms with van der Waals surface area (Å²) < 4.78 is 19.2. The van der Waals surface area contributed by atoms with E-state index in [-0.39, 0.29) is 6.29 Å². The van der Waals surface area contributed by atoms with Crippen LogP contribution >= 0.6 is 7.82 Å². The SMILES string of the molecule is O=C[C@H](O)[C@@H](O)[C@H](O)[C@H](O)CO.O=P(O)(O)O[C@H]1O[C@H](CO)[C@H](O)[C@H](O)[C@H]1O. The van der Waals surface area contributed by atoms with Crippen molar-refractivity contribution in [1.29, 1.82) is 0 Å². The monoisotopic (exact) mass is 440 g/mol. The molecule has 0 aromatic rings. The molecular weight excluding hydrogens is 415 g/mol. The number of hydrogen-bond acceptors (Lipinski definition) is 13. The van der Waals surface area contributed by atoms with E-state index in [2.05, 4.69) is 9.26 Å². The first-order valence-electron chi connectivity index (χ1n) is 7.63. The van der Waals surface area contributed by atoms with Crippen LogP contribution in [0.2, 0.25) is 0 Å². The average molecular weight is 440 g/mol. The van der Waals surface area contributed by atoms with Crippen LogP contribution in [0, 0.1) is 0 Å². The lowest BCUT2D eigenvalue weighted by Crippen LogP contribution is -2.58. The summed E-state index contributed by atoms with van der Waals surface area (Å²) in [6.45, 7) is -1.46. The van der Waals surface area contributed by atoms with Gasteiger partial charge in [-0.1, -0.05) is 0 Å². The second-order valence-electron chi connectivity index (χ2n) is 5.65. The molecule has 1 fully saturated rings. The third-order valence-electron chi connectivity index (χ3n) is 3.51. The van der Waals surface area contributed by atoms with Crippen LogP contribution in [0.15, 0.2) is 0 Å². The topological polar surface area (TPSA) is 275 Å². The van der Waals surface area contributed by atoms with Crippen LogP contribution < -0.4 is 0 Å². The number of phosphoric ester groups is 1. The van der Waals surface area contributed by atoms with E-state index >= 15 is 0 Å². The highest BCUT2D eigenvalue weighted by molar-refractivity contribution is 7.46. The van der Waals surface area contributed by atoms with Gasteiger partial charge in [-0.2, -0.15) is 0 Å². The molecule has 0 saturated carbocycles. The van der Waals surface area contributed by atoms with Crippen LogP contribution in [-0.2, 0) is 18.6 Å². The third-order valence-corrected chi connectivity index (χ3v) is 3.99. The zero-order valence-corrected chi connectivity index (χ0v) is 15.1. The summed E-state index contributed by atoms with van der Waals surface area (Å²) in [4.78, 5) is 26.9. The Morgan fingerprint density at radius 2 is 1.50 bits per heavy atom. The fourth-order valence-corrected chi connectivity index (χ4v) is 2.35. The van der Waals surface area contributed by atoms with Gasteiger partial charge in [-0.3, -0.25) is 4.52 Å². The summed E-state index contributed by atoms with van der Waals surface area (Å²) in [5, 5.41) is 80.2. The second-order valence-corrected chi connectivity index (χ2v) is 6.84. The first kappa shape index (κ1) is 27.4. The molecule has 1 saturated heterocycles. The van der Waals surface area contributed by atoms with Gasteiger partial charge in [0.15, 0.2) is 12.6 Å². The maximum absolute atomic E-state index is 10.5. The highest BCUT2D eigenvalue weighted by Crippen LogP contribution is 2.40. The first-order valence-corrected chi connectivity index (χ1v) is 9.16. The summed E-state index contributed by atoms with van der Waals surface area (Å²) in [6, 6.07) is 0. The Hall–Kier alpha value is -0.620. The van der Waals surface area contributed by atoms with Gasteiger partial charge in [-0.05, 0) is 0 Å². The van der Waals surface area contributed by atoms with Gasteiger partial charge < -0.3 is 65.3 Å². The molecule has 1 rings (SSSR count). The Bertz CT molecular complexity index is 497. The van der Waals surface area contributed by atoms with E-state index < -0.39 is 76.2 Å². The summed E-state index contributed by atoms with van der Waals surface area (Å²) in [7, 11) is -4.91. The van der Waals surface area contributed by atoms with E-state index in [1.54, 1.807) is 0 Å². The lowest BCUT2D eigenvalue weighted by molar-refractivity contribution is -0.280. The van der Waals surface area contributed by atoms with Crippen molar-refractivity contribution < 1.29 is 74.4 Å². The maximum Gasteiger partial charge on any atom is 0.472 e. The van der Waals surface area contributed by atoms with Crippen molar-refractivity contribution in [2.24, 2.45) is 0 Å². The molecule has 0 aromatic heterocycles. The second kappa shape index (κ2) is 12.2. The Morgan fingerprint density at radius 1 is 0.964 bits per heavy atom. The Morgan fingerprint density at radius 3 is 1.89 bits per heavy atom. The zero-order valence-electron chi connectivity index (χ0n) is 14.2. The predicted octanol–water partition coefficient (Wildman–Crippen LogP) is -6.48. The molecular formula is C12H25O15P. The molecule has 15 nitrogen and oxygen atoms in total. The lowest BCUT2D eigenvalue weighted by atomic mass is 10.00. The first-order chi connectivity index (χ1) is 12.8. The van der Waals surface area contributed by atoms with Gasteiger partial charge in [0.1, 0.15) is 48.8 Å². The van der Waals surface area contributed by atoms with E-state index in [1.165, 1.54) is 0 Å². The van der Waals surface area contributed by atoms with Crippen molar-refractivity contribution >= 4 is 14.1 Å². The summed E-state index contributed by atoms with van der Waals surface area (Å²) >= 11 is 0. The van der Waals surface area contributed by atoms with Crippen molar-refractivity contribution in [3.63, 3.8) is 0 Å². The van der Waals surface area contributed by atoms with E-state index in [0.29, 0.717) is 0 Å². The van der Waals surface area contributed by atoms with Crippen LogP contribution in [0.1, 0.15) is 0 Å². The number of carbonyl (C=O) groups is 1. The van der Waals surface area contributed by atoms with Gasteiger partial charge in [0.05, 0.1) is 13.2 Å². The molecule has 9 atom stereocenters. The number of carbonyl (C=O) groups excluding carboxylic acids is 1. The van der Waals surface area contributed by atoms with Crippen LogP contribution in [0.3, 0.4) is 0 Å². The number of rotatable bonds is 8. The molecule has 0 aliphatic carbocycles. The van der Waals surface area contributed by atoms with E-state index in [1.807, 2.05) is 0 Å². The highest BCUT2D eigenvalue weighted by atomic mass is 31.2. The molecule has 16 heteroatoms. The normalized spacial score (nSPS) is 32.5. The van der Waals surface area contributed by atoms with Gasteiger partial charge >= 0.3 is 7.82 Å². The number of aldehydes is 1. The number of phosphoric acid groups is 1. The largest absolute Gasteiger partial charge is 0.472 e. The van der Waals surface area contributed by atoms with Gasteiger partial charge in [0, 0.05) is 0 Å². The molecule has 11 N–H and O–H groups in total. The van der Waals surface area contributed by atoms with Crippen molar-refractivity contribution in [3.8, 4) is 0 Å². The van der Waals surface area contributed by atoms with E-state index in [4.69, 9.17) is 40.4 Å². The summed E-state index contributed by atoms with van der Waals surface area (Å²) in [5.74, 6) is 0. The minimum absolute atomic E-state index is 0.0258. The third kappa shape index (κ3) is 8.40. The molecule has 0 aromatic carbocycles. The zero-order chi connectivity index (χ0) is 22.2. The molecule has 168 valence electrons. The predicted molar refractivity (Wildman–Crippen MR) is 84.1 cm³/mol. The number of aliphatic hydroxyl groups excluding tert-OH is 9. The summed E-state index contributed by atoms with van der Waals surface area (Å²) in [6.07, 6.45) is -15.1. The number of hydrogen-bond donors (Lipinski definition) is 11. The smallest absolute Gasteiger partial charge is 0.394 e. The van der Waals surface area contributed by atoms with Gasteiger partial charge in [-0.15, -0.1) is 0 Å².